The number of aromatic carboxylic acids is 1. The van der Waals surface area contributed by atoms with Crippen molar-refractivity contribution in [2.24, 2.45) is 0 Å². The SMILES string of the molecule is CN(CC(F)(F)F)C(=O)Nc1cccc(C(=O)O)c1O. The van der Waals surface area contributed by atoms with Gasteiger partial charge in [0.25, 0.3) is 0 Å². The van der Waals surface area contributed by atoms with E-state index in [0.29, 0.717) is 4.90 Å². The topological polar surface area (TPSA) is 89.9 Å². The third-order valence-corrected chi connectivity index (χ3v) is 2.27. The van der Waals surface area contributed by atoms with Crippen LogP contribution < -0.4 is 5.32 Å². The molecule has 0 radical (unpaired) electrons. The average Bonchev–Trinajstić information content (AvgIpc) is 2.29. The molecule has 20 heavy (non-hydrogen) atoms. The Morgan fingerprint density at radius 1 is 1.35 bits per heavy atom. The molecule has 1 aromatic rings. The number of urea groups is 1. The molecular weight excluding hydrogens is 281 g/mol. The fourth-order valence-electron chi connectivity index (χ4n) is 1.37. The summed E-state index contributed by atoms with van der Waals surface area (Å²) in [5.74, 6) is -2.16. The van der Waals surface area contributed by atoms with Gasteiger partial charge in [-0.1, -0.05) is 6.07 Å². The van der Waals surface area contributed by atoms with Crippen molar-refractivity contribution in [3.05, 3.63) is 23.8 Å². The number of alkyl halides is 3. The number of carbonyl (C=O) groups excluding carboxylic acids is 1. The second-order valence-corrected chi connectivity index (χ2v) is 3.91. The zero-order chi connectivity index (χ0) is 15.5. The first kappa shape index (κ1) is 15.6. The Hall–Kier alpha value is -2.45. The highest BCUT2D eigenvalue weighted by molar-refractivity contribution is 5.97. The number of nitrogens with one attached hydrogen (secondary N) is 1. The number of carboxylic acid groups (broad SMARTS) is 1. The van der Waals surface area contributed by atoms with Gasteiger partial charge in [-0.25, -0.2) is 9.59 Å². The van der Waals surface area contributed by atoms with E-state index in [9.17, 15) is 27.9 Å². The molecule has 0 aliphatic rings. The van der Waals surface area contributed by atoms with Crippen molar-refractivity contribution in [2.75, 3.05) is 18.9 Å². The van der Waals surface area contributed by atoms with Crippen molar-refractivity contribution in [3.8, 4) is 5.75 Å². The number of nitrogens with zero attached hydrogens (tertiary/aromatic N) is 1. The maximum Gasteiger partial charge on any atom is 0.406 e. The van der Waals surface area contributed by atoms with Crippen LogP contribution in [0.2, 0.25) is 0 Å². The van der Waals surface area contributed by atoms with Crippen molar-refractivity contribution < 1.29 is 33.0 Å². The van der Waals surface area contributed by atoms with Crippen LogP contribution >= 0.6 is 0 Å². The summed E-state index contributed by atoms with van der Waals surface area (Å²) in [6, 6.07) is 2.37. The molecule has 6 nitrogen and oxygen atoms in total. The summed E-state index contributed by atoms with van der Waals surface area (Å²) >= 11 is 0. The molecule has 0 heterocycles. The van der Waals surface area contributed by atoms with Gasteiger partial charge in [-0.15, -0.1) is 0 Å². The van der Waals surface area contributed by atoms with Crippen LogP contribution in [0.1, 0.15) is 10.4 Å². The number of carbonyl (C=O) groups is 2. The van der Waals surface area contributed by atoms with Crippen LogP contribution in [0.25, 0.3) is 0 Å². The molecule has 0 bridgehead atoms. The van der Waals surface area contributed by atoms with Crippen molar-refractivity contribution >= 4 is 17.7 Å². The van der Waals surface area contributed by atoms with Gasteiger partial charge in [-0.05, 0) is 12.1 Å². The highest BCUT2D eigenvalue weighted by Gasteiger charge is 2.31. The molecule has 0 saturated carbocycles. The highest BCUT2D eigenvalue weighted by atomic mass is 19.4. The van der Waals surface area contributed by atoms with Gasteiger partial charge in [0.05, 0.1) is 5.69 Å². The summed E-state index contributed by atoms with van der Waals surface area (Å²) in [5, 5.41) is 20.3. The number of halogens is 3. The molecule has 9 heteroatoms. The van der Waals surface area contributed by atoms with Crippen LogP contribution in [0, 0.1) is 0 Å². The second-order valence-electron chi connectivity index (χ2n) is 3.91. The van der Waals surface area contributed by atoms with Gasteiger partial charge in [0.1, 0.15) is 12.1 Å². The van der Waals surface area contributed by atoms with Gasteiger partial charge >= 0.3 is 18.2 Å². The number of rotatable bonds is 3. The zero-order valence-electron chi connectivity index (χ0n) is 10.2. The maximum absolute atomic E-state index is 12.1. The minimum atomic E-state index is -4.56. The molecule has 0 unspecified atom stereocenters. The zero-order valence-corrected chi connectivity index (χ0v) is 10.2. The van der Waals surface area contributed by atoms with Gasteiger partial charge in [-0.2, -0.15) is 13.2 Å². The first-order chi connectivity index (χ1) is 9.11. The average molecular weight is 292 g/mol. The molecule has 0 fully saturated rings. The molecule has 2 amide bonds. The number of anilines is 1. The smallest absolute Gasteiger partial charge is 0.406 e. The summed E-state index contributed by atoms with van der Waals surface area (Å²) in [6.45, 7) is -1.47. The van der Waals surface area contributed by atoms with Gasteiger partial charge in [0, 0.05) is 7.05 Å². The summed E-state index contributed by atoms with van der Waals surface area (Å²) in [4.78, 5) is 22.6. The number of phenols is 1. The fourth-order valence-corrected chi connectivity index (χ4v) is 1.37. The van der Waals surface area contributed by atoms with Gasteiger partial charge < -0.3 is 20.4 Å². The molecule has 1 aromatic carbocycles. The first-order valence-electron chi connectivity index (χ1n) is 5.26. The minimum Gasteiger partial charge on any atom is -0.505 e. The number of hydrogen-bond acceptors (Lipinski definition) is 3. The Labute approximate surface area is 111 Å². The lowest BCUT2D eigenvalue weighted by atomic mass is 10.1. The number of para-hydroxylation sites is 1. The second kappa shape index (κ2) is 5.68. The summed E-state index contributed by atoms with van der Waals surface area (Å²) in [5.41, 5.74) is -0.759. The first-order valence-corrected chi connectivity index (χ1v) is 5.26. The van der Waals surface area contributed by atoms with E-state index in [1.54, 1.807) is 0 Å². The highest BCUT2D eigenvalue weighted by Crippen LogP contribution is 2.27. The van der Waals surface area contributed by atoms with Crippen LogP contribution in [-0.4, -0.2) is 46.9 Å². The summed E-state index contributed by atoms with van der Waals surface area (Å²) in [6.07, 6.45) is -4.56. The quantitative estimate of drug-likeness (QED) is 0.744. The van der Waals surface area contributed by atoms with E-state index in [1.165, 1.54) is 12.1 Å². The normalized spacial score (nSPS) is 11.0. The lowest BCUT2D eigenvalue weighted by Gasteiger charge is -2.20. The lowest BCUT2D eigenvalue weighted by molar-refractivity contribution is -0.137. The van der Waals surface area contributed by atoms with E-state index in [-0.39, 0.29) is 5.69 Å². The van der Waals surface area contributed by atoms with Crippen molar-refractivity contribution in [1.82, 2.24) is 4.90 Å². The lowest BCUT2D eigenvalue weighted by Crippen LogP contribution is -2.38. The molecule has 0 atom stereocenters. The van der Waals surface area contributed by atoms with E-state index in [2.05, 4.69) is 0 Å². The Kier molecular flexibility index (Phi) is 4.43. The Morgan fingerprint density at radius 2 is 1.95 bits per heavy atom. The third-order valence-electron chi connectivity index (χ3n) is 2.27. The van der Waals surface area contributed by atoms with Crippen molar-refractivity contribution in [1.29, 1.82) is 0 Å². The number of carboxylic acids is 1. The van der Waals surface area contributed by atoms with Crippen LogP contribution in [0.5, 0.6) is 5.75 Å². The summed E-state index contributed by atoms with van der Waals surface area (Å²) in [7, 11) is 0.918. The van der Waals surface area contributed by atoms with Crippen LogP contribution in [-0.2, 0) is 0 Å². The third kappa shape index (κ3) is 4.04. The molecule has 0 aromatic heterocycles. The molecule has 0 saturated heterocycles. The van der Waals surface area contributed by atoms with E-state index >= 15 is 0 Å². The predicted molar refractivity (Wildman–Crippen MR) is 62.8 cm³/mol. The number of hydrogen-bond donors (Lipinski definition) is 3. The predicted octanol–water partition coefficient (Wildman–Crippen LogP) is 2.12. The van der Waals surface area contributed by atoms with Crippen molar-refractivity contribution in [2.45, 2.75) is 6.18 Å². The van der Waals surface area contributed by atoms with E-state index < -0.39 is 36.0 Å². The van der Waals surface area contributed by atoms with Crippen LogP contribution in [0.3, 0.4) is 0 Å². The molecule has 1 rings (SSSR count). The summed E-state index contributed by atoms with van der Waals surface area (Å²) < 4.78 is 36.3. The Balaban J connectivity index is 2.86. The standard InChI is InChI=1S/C11H11F3N2O4/c1-16(5-11(12,13)14)10(20)15-7-4-2-3-6(8(7)17)9(18)19/h2-4,17H,5H2,1H3,(H,15,20)(H,18,19). The number of aromatic hydroxyl groups is 1. The van der Waals surface area contributed by atoms with Gasteiger partial charge in [-0.3, -0.25) is 0 Å². The number of benzene rings is 1. The van der Waals surface area contributed by atoms with Crippen LogP contribution in [0.15, 0.2) is 18.2 Å². The van der Waals surface area contributed by atoms with Crippen molar-refractivity contribution in [3.63, 3.8) is 0 Å². The molecule has 0 aliphatic heterocycles. The molecule has 3 N–H and O–H groups in total. The fraction of sp³-hybridized carbons (Fsp3) is 0.273. The van der Waals surface area contributed by atoms with E-state index in [4.69, 9.17) is 5.11 Å². The minimum absolute atomic E-state index is 0.288. The molecule has 0 spiro atoms. The van der Waals surface area contributed by atoms with Crippen LogP contribution in [0.4, 0.5) is 23.7 Å². The van der Waals surface area contributed by atoms with Gasteiger partial charge in [0.15, 0.2) is 5.75 Å². The Morgan fingerprint density at radius 3 is 2.45 bits per heavy atom. The molecule has 0 aliphatic carbocycles. The van der Waals surface area contributed by atoms with E-state index in [0.717, 1.165) is 13.1 Å². The monoisotopic (exact) mass is 292 g/mol. The van der Waals surface area contributed by atoms with E-state index in [1.807, 2.05) is 5.32 Å². The van der Waals surface area contributed by atoms with Gasteiger partial charge in [0.2, 0.25) is 0 Å². The molecular formula is C11H11F3N2O4. The number of amides is 2. The molecule has 110 valence electrons. The largest absolute Gasteiger partial charge is 0.505 e. The maximum atomic E-state index is 12.1. The Bertz CT molecular complexity index is 531.